The maximum atomic E-state index is 12.2. The van der Waals surface area contributed by atoms with Crippen molar-refractivity contribution in [1.29, 1.82) is 0 Å². The summed E-state index contributed by atoms with van der Waals surface area (Å²) >= 11 is 6.97. The average molecular weight is 406 g/mol. The number of benzene rings is 1. The number of anilines is 1. The predicted octanol–water partition coefficient (Wildman–Crippen LogP) is 3.28. The van der Waals surface area contributed by atoms with E-state index in [4.69, 9.17) is 17.4 Å². The van der Waals surface area contributed by atoms with Gasteiger partial charge in [0.15, 0.2) is 5.82 Å². The molecule has 0 fully saturated rings. The van der Waals surface area contributed by atoms with Crippen LogP contribution in [0.1, 0.15) is 26.6 Å². The molecule has 2 rings (SSSR count). The van der Waals surface area contributed by atoms with E-state index in [9.17, 15) is 13.6 Å². The topological polar surface area (TPSA) is 95.1 Å². The summed E-state index contributed by atoms with van der Waals surface area (Å²) in [6.07, 6.45) is 0. The van der Waals surface area contributed by atoms with Gasteiger partial charge in [-0.05, 0) is 18.2 Å². The Bertz CT molecular complexity index is 795. The number of nitrogens with zero attached hydrogens (tertiary/aromatic N) is 3. The van der Waals surface area contributed by atoms with Crippen LogP contribution in [-0.2, 0) is 10.2 Å². The fourth-order valence-corrected chi connectivity index (χ4v) is 2.87. The van der Waals surface area contributed by atoms with Crippen molar-refractivity contribution in [2.75, 3.05) is 16.9 Å². The summed E-state index contributed by atoms with van der Waals surface area (Å²) in [6, 6.07) is 3.99. The van der Waals surface area contributed by atoms with Crippen LogP contribution >= 0.6 is 23.4 Å². The lowest BCUT2D eigenvalue weighted by Crippen LogP contribution is -2.24. The number of amides is 1. The molecule has 0 aliphatic heterocycles. The zero-order valence-electron chi connectivity index (χ0n) is 14.3. The standard InChI is InChI=1S/C15H18ClF2N5O2S/c1-15(2,3)12-21-22-14(23(12)19)26-7-11(24)20-8-4-5-10(9(16)6-8)25-13(17)18/h4-6,13H,7,19H2,1-3H3,(H,20,24). The van der Waals surface area contributed by atoms with E-state index in [0.717, 1.165) is 11.8 Å². The molecule has 0 saturated heterocycles. The summed E-state index contributed by atoms with van der Waals surface area (Å²) < 4.78 is 30.0. The first-order valence-electron chi connectivity index (χ1n) is 7.46. The SMILES string of the molecule is CC(C)(C)c1nnc(SCC(=O)Nc2ccc(OC(F)F)c(Cl)c2)n1N. The Morgan fingerprint density at radius 3 is 2.65 bits per heavy atom. The summed E-state index contributed by atoms with van der Waals surface area (Å²) in [6.45, 7) is 2.88. The van der Waals surface area contributed by atoms with E-state index in [0.29, 0.717) is 16.7 Å². The van der Waals surface area contributed by atoms with Gasteiger partial charge >= 0.3 is 6.61 Å². The van der Waals surface area contributed by atoms with Gasteiger partial charge in [-0.15, -0.1) is 10.2 Å². The van der Waals surface area contributed by atoms with Crippen LogP contribution in [0.25, 0.3) is 0 Å². The molecule has 0 unspecified atom stereocenters. The molecule has 1 aromatic carbocycles. The van der Waals surface area contributed by atoms with E-state index >= 15 is 0 Å². The highest BCUT2D eigenvalue weighted by Crippen LogP contribution is 2.29. The number of hydrogen-bond donors (Lipinski definition) is 2. The van der Waals surface area contributed by atoms with Crippen LogP contribution in [-0.4, -0.2) is 33.1 Å². The highest BCUT2D eigenvalue weighted by atomic mass is 35.5. The molecular formula is C15H18ClF2N5O2S. The smallest absolute Gasteiger partial charge is 0.387 e. The van der Waals surface area contributed by atoms with Crippen molar-refractivity contribution < 1.29 is 18.3 Å². The number of nitrogen functional groups attached to an aromatic ring is 1. The van der Waals surface area contributed by atoms with Crippen molar-refractivity contribution in [3.8, 4) is 5.75 Å². The van der Waals surface area contributed by atoms with Crippen LogP contribution in [0.3, 0.4) is 0 Å². The molecule has 142 valence electrons. The molecule has 3 N–H and O–H groups in total. The van der Waals surface area contributed by atoms with Crippen LogP contribution in [0.2, 0.25) is 5.02 Å². The second kappa shape index (κ2) is 8.09. The highest BCUT2D eigenvalue weighted by molar-refractivity contribution is 7.99. The Morgan fingerprint density at radius 2 is 2.12 bits per heavy atom. The predicted molar refractivity (Wildman–Crippen MR) is 96.3 cm³/mol. The van der Waals surface area contributed by atoms with Gasteiger partial charge in [0.2, 0.25) is 11.1 Å². The minimum absolute atomic E-state index is 0.0341. The molecule has 1 heterocycles. The lowest BCUT2D eigenvalue weighted by Gasteiger charge is -2.16. The van der Waals surface area contributed by atoms with Gasteiger partial charge in [-0.1, -0.05) is 44.1 Å². The van der Waals surface area contributed by atoms with Gasteiger partial charge in [0, 0.05) is 11.1 Å². The minimum atomic E-state index is -2.98. The number of carbonyl (C=O) groups is 1. The second-order valence-electron chi connectivity index (χ2n) is 6.29. The maximum absolute atomic E-state index is 12.2. The summed E-state index contributed by atoms with van der Waals surface area (Å²) in [5, 5.41) is 11.0. The third kappa shape index (κ3) is 5.21. The zero-order valence-corrected chi connectivity index (χ0v) is 15.9. The lowest BCUT2D eigenvalue weighted by atomic mass is 9.96. The molecule has 0 aliphatic rings. The molecule has 7 nitrogen and oxygen atoms in total. The number of alkyl halides is 2. The van der Waals surface area contributed by atoms with Gasteiger partial charge < -0.3 is 15.9 Å². The molecule has 0 atom stereocenters. The van der Waals surface area contributed by atoms with Gasteiger partial charge in [0.05, 0.1) is 10.8 Å². The zero-order chi connectivity index (χ0) is 19.5. The molecule has 2 aromatic rings. The average Bonchev–Trinajstić information content (AvgIpc) is 2.88. The van der Waals surface area contributed by atoms with E-state index in [1.807, 2.05) is 20.8 Å². The Morgan fingerprint density at radius 1 is 1.42 bits per heavy atom. The molecule has 1 amide bonds. The Kier molecular flexibility index (Phi) is 6.30. The summed E-state index contributed by atoms with van der Waals surface area (Å²) in [5.41, 5.74) is 0.0774. The maximum Gasteiger partial charge on any atom is 0.387 e. The number of nitrogens with two attached hydrogens (primary N) is 1. The third-order valence-electron chi connectivity index (χ3n) is 3.10. The van der Waals surface area contributed by atoms with Crippen LogP contribution in [0.15, 0.2) is 23.4 Å². The number of carbonyl (C=O) groups excluding carboxylic acids is 1. The molecule has 1 aromatic heterocycles. The number of thioether (sulfide) groups is 1. The minimum Gasteiger partial charge on any atom is -0.433 e. The van der Waals surface area contributed by atoms with Crippen molar-refractivity contribution in [1.82, 2.24) is 14.9 Å². The van der Waals surface area contributed by atoms with E-state index in [1.54, 1.807) is 0 Å². The van der Waals surface area contributed by atoms with Gasteiger partial charge in [0.1, 0.15) is 5.75 Å². The molecule has 0 bridgehead atoms. The first kappa shape index (κ1) is 20.2. The molecule has 0 radical (unpaired) electrons. The number of hydrogen-bond acceptors (Lipinski definition) is 6. The van der Waals surface area contributed by atoms with Gasteiger partial charge in [-0.25, -0.2) is 4.68 Å². The lowest BCUT2D eigenvalue weighted by molar-refractivity contribution is -0.113. The largest absolute Gasteiger partial charge is 0.433 e. The van der Waals surface area contributed by atoms with Gasteiger partial charge in [-0.3, -0.25) is 4.79 Å². The van der Waals surface area contributed by atoms with Crippen molar-refractivity contribution in [3.63, 3.8) is 0 Å². The van der Waals surface area contributed by atoms with Crippen LogP contribution in [0.5, 0.6) is 5.75 Å². The van der Waals surface area contributed by atoms with Crippen molar-refractivity contribution >= 4 is 35.0 Å². The van der Waals surface area contributed by atoms with E-state index in [1.165, 1.54) is 22.9 Å². The number of rotatable bonds is 6. The van der Waals surface area contributed by atoms with E-state index in [-0.39, 0.29) is 27.8 Å². The number of halogens is 3. The Hall–Kier alpha value is -2.07. The molecule has 11 heteroatoms. The van der Waals surface area contributed by atoms with Crippen molar-refractivity contribution in [2.24, 2.45) is 0 Å². The first-order valence-corrected chi connectivity index (χ1v) is 8.82. The fraction of sp³-hybridized carbons (Fsp3) is 0.400. The first-order chi connectivity index (χ1) is 12.1. The van der Waals surface area contributed by atoms with Crippen molar-refractivity contribution in [2.45, 2.75) is 38.0 Å². The van der Waals surface area contributed by atoms with Gasteiger partial charge in [-0.2, -0.15) is 8.78 Å². The summed E-state index contributed by atoms with van der Waals surface area (Å²) in [7, 11) is 0. The Balaban J connectivity index is 1.95. The van der Waals surface area contributed by atoms with Crippen LogP contribution < -0.4 is 15.9 Å². The highest BCUT2D eigenvalue weighted by Gasteiger charge is 2.23. The quantitative estimate of drug-likeness (QED) is 0.565. The normalized spacial score (nSPS) is 11.7. The van der Waals surface area contributed by atoms with E-state index < -0.39 is 6.61 Å². The number of aromatic nitrogens is 3. The summed E-state index contributed by atoms with van der Waals surface area (Å²) in [5.74, 6) is 6.08. The van der Waals surface area contributed by atoms with Crippen LogP contribution in [0, 0.1) is 0 Å². The van der Waals surface area contributed by atoms with Crippen LogP contribution in [0.4, 0.5) is 14.5 Å². The number of ether oxygens (including phenoxy) is 1. The molecule has 0 aliphatic carbocycles. The van der Waals surface area contributed by atoms with E-state index in [2.05, 4.69) is 20.3 Å². The Labute approximate surface area is 158 Å². The molecule has 0 saturated carbocycles. The van der Waals surface area contributed by atoms with Crippen molar-refractivity contribution in [3.05, 3.63) is 29.0 Å². The fourth-order valence-electron chi connectivity index (χ4n) is 1.98. The molecule has 26 heavy (non-hydrogen) atoms. The second-order valence-corrected chi connectivity index (χ2v) is 7.64. The summed E-state index contributed by atoms with van der Waals surface area (Å²) in [4.78, 5) is 12.1. The molecular weight excluding hydrogens is 388 g/mol. The monoisotopic (exact) mass is 405 g/mol. The number of nitrogens with one attached hydrogen (secondary N) is 1. The van der Waals surface area contributed by atoms with Gasteiger partial charge in [0.25, 0.3) is 0 Å². The third-order valence-corrected chi connectivity index (χ3v) is 4.34. The molecule has 0 spiro atoms.